The zero-order chi connectivity index (χ0) is 21.5. The fourth-order valence-corrected chi connectivity index (χ4v) is 5.22. The molecule has 2 aliphatic rings. The Morgan fingerprint density at radius 1 is 1.20 bits per heavy atom. The first-order valence-corrected chi connectivity index (χ1v) is 11.1. The van der Waals surface area contributed by atoms with Crippen molar-refractivity contribution in [3.8, 4) is 17.0 Å². The summed E-state index contributed by atoms with van der Waals surface area (Å²) in [5, 5.41) is 9.65. The number of nitrogens with zero attached hydrogens (tertiary/aromatic N) is 2. The van der Waals surface area contributed by atoms with E-state index in [0.717, 1.165) is 54.7 Å². The van der Waals surface area contributed by atoms with Gasteiger partial charge in [-0.05, 0) is 67.6 Å². The van der Waals surface area contributed by atoms with Gasteiger partial charge in [0.05, 0.1) is 11.8 Å². The Labute approximate surface area is 179 Å². The summed E-state index contributed by atoms with van der Waals surface area (Å²) in [7, 11) is 0. The Morgan fingerprint density at radius 2 is 1.93 bits per heavy atom. The Hall–Kier alpha value is -2.18. The molecule has 0 saturated heterocycles. The first-order valence-electron chi connectivity index (χ1n) is 11.1. The van der Waals surface area contributed by atoms with E-state index in [4.69, 9.17) is 16.2 Å². The lowest BCUT2D eigenvalue weighted by atomic mass is 9.69. The van der Waals surface area contributed by atoms with E-state index in [2.05, 4.69) is 42.9 Å². The van der Waals surface area contributed by atoms with Crippen LogP contribution in [0.5, 0.6) is 5.75 Å². The highest BCUT2D eigenvalue weighted by atomic mass is 16.5. The third-order valence-electron chi connectivity index (χ3n) is 6.81. The minimum Gasteiger partial charge on any atom is -0.490 e. The second-order valence-corrected chi connectivity index (χ2v) is 9.61. The van der Waals surface area contributed by atoms with Crippen molar-refractivity contribution in [2.75, 3.05) is 12.3 Å². The second kappa shape index (κ2) is 8.16. The third-order valence-corrected chi connectivity index (χ3v) is 6.81. The lowest BCUT2D eigenvalue weighted by Crippen LogP contribution is -2.32. The highest BCUT2D eigenvalue weighted by molar-refractivity contribution is 5.77. The number of ether oxygens (including phenoxy) is 1. The number of nitrogens with two attached hydrogens (primary N) is 2. The number of hydrogen-bond donors (Lipinski definition) is 3. The summed E-state index contributed by atoms with van der Waals surface area (Å²) >= 11 is 0. The Balaban J connectivity index is 1.81. The Morgan fingerprint density at radius 3 is 2.63 bits per heavy atom. The van der Waals surface area contributed by atoms with E-state index in [-0.39, 0.29) is 24.0 Å². The highest BCUT2D eigenvalue weighted by Crippen LogP contribution is 2.48. The molecule has 1 aromatic carbocycles. The number of fused-ring (bicyclic) bond motifs is 3. The molecular formula is C24H34N4O2. The number of nitrogen functional groups attached to an aromatic ring is 1. The maximum Gasteiger partial charge on any atom is 0.131 e. The van der Waals surface area contributed by atoms with Gasteiger partial charge < -0.3 is 21.3 Å². The molecule has 0 aliphatic heterocycles. The number of aliphatic hydroxyl groups excluding tert-OH is 1. The summed E-state index contributed by atoms with van der Waals surface area (Å²) in [5.74, 6) is 1.68. The van der Waals surface area contributed by atoms with Crippen LogP contribution in [0.15, 0.2) is 18.5 Å². The molecule has 1 aromatic heterocycles. The molecule has 1 heterocycles. The lowest BCUT2D eigenvalue weighted by Gasteiger charge is -2.37. The van der Waals surface area contributed by atoms with Crippen molar-refractivity contribution in [2.24, 2.45) is 5.73 Å². The first-order chi connectivity index (χ1) is 14.3. The normalized spacial score (nSPS) is 23.4. The molecule has 1 unspecified atom stereocenters. The topological polar surface area (TPSA) is 107 Å². The van der Waals surface area contributed by atoms with Gasteiger partial charge in [0.25, 0.3) is 0 Å². The van der Waals surface area contributed by atoms with Crippen LogP contribution in [0, 0.1) is 0 Å². The molecule has 4 rings (SSSR count). The number of aromatic nitrogens is 2. The summed E-state index contributed by atoms with van der Waals surface area (Å²) in [5.41, 5.74) is 17.7. The molecule has 0 radical (unpaired) electrons. The number of anilines is 1. The van der Waals surface area contributed by atoms with Crippen LogP contribution in [0.2, 0.25) is 0 Å². The maximum atomic E-state index is 9.65. The molecular weight excluding hydrogens is 376 g/mol. The van der Waals surface area contributed by atoms with Crippen molar-refractivity contribution in [1.82, 2.24) is 9.97 Å². The van der Waals surface area contributed by atoms with Crippen LogP contribution in [0.4, 0.5) is 5.82 Å². The molecule has 162 valence electrons. The quantitative estimate of drug-likeness (QED) is 0.694. The van der Waals surface area contributed by atoms with Gasteiger partial charge in [-0.1, -0.05) is 20.8 Å². The standard InChI is InChI=1S/C24H34N4O2/c1-14(10-11-29)20-18-12-24(2,3)21-22(27-13-28-23(21)26)17(18)8-9-19(20)30-16-6-4-15(25)5-7-16/h8-9,13-16,29H,4-7,10-12,25H2,1-3H3,(H2,26,27,28). The molecule has 6 heteroatoms. The van der Waals surface area contributed by atoms with Crippen LogP contribution < -0.4 is 16.2 Å². The van der Waals surface area contributed by atoms with Crippen molar-refractivity contribution in [3.05, 3.63) is 35.2 Å². The smallest absolute Gasteiger partial charge is 0.131 e. The minimum absolute atomic E-state index is 0.150. The van der Waals surface area contributed by atoms with Crippen LogP contribution in [-0.4, -0.2) is 33.8 Å². The number of hydrogen-bond acceptors (Lipinski definition) is 6. The average molecular weight is 411 g/mol. The van der Waals surface area contributed by atoms with Gasteiger partial charge in [-0.2, -0.15) is 0 Å². The fraction of sp³-hybridized carbons (Fsp3) is 0.583. The van der Waals surface area contributed by atoms with Crippen LogP contribution in [-0.2, 0) is 11.8 Å². The number of aliphatic hydroxyl groups is 1. The summed E-state index contributed by atoms with van der Waals surface area (Å²) in [4.78, 5) is 8.87. The van der Waals surface area contributed by atoms with Gasteiger partial charge in [0.15, 0.2) is 0 Å². The van der Waals surface area contributed by atoms with Gasteiger partial charge >= 0.3 is 0 Å². The van der Waals surface area contributed by atoms with E-state index in [0.29, 0.717) is 18.3 Å². The second-order valence-electron chi connectivity index (χ2n) is 9.61. The minimum atomic E-state index is -0.183. The van der Waals surface area contributed by atoms with Crippen LogP contribution in [0.1, 0.15) is 75.5 Å². The molecule has 0 spiro atoms. The fourth-order valence-electron chi connectivity index (χ4n) is 5.22. The van der Waals surface area contributed by atoms with Gasteiger partial charge in [0.2, 0.25) is 0 Å². The molecule has 1 fully saturated rings. The highest BCUT2D eigenvalue weighted by Gasteiger charge is 2.37. The van der Waals surface area contributed by atoms with Crippen molar-refractivity contribution in [3.63, 3.8) is 0 Å². The molecule has 30 heavy (non-hydrogen) atoms. The van der Waals surface area contributed by atoms with Gasteiger partial charge in [0.1, 0.15) is 17.9 Å². The molecule has 1 atom stereocenters. The largest absolute Gasteiger partial charge is 0.490 e. The van der Waals surface area contributed by atoms with E-state index >= 15 is 0 Å². The zero-order valence-corrected chi connectivity index (χ0v) is 18.3. The van der Waals surface area contributed by atoms with Crippen molar-refractivity contribution in [2.45, 2.75) is 82.8 Å². The Bertz CT molecular complexity index is 920. The van der Waals surface area contributed by atoms with E-state index < -0.39 is 0 Å². The predicted octanol–water partition coefficient (Wildman–Crippen LogP) is 3.69. The van der Waals surface area contributed by atoms with Gasteiger partial charge in [0, 0.05) is 29.3 Å². The summed E-state index contributed by atoms with van der Waals surface area (Å²) in [6, 6.07) is 4.50. The van der Waals surface area contributed by atoms with Crippen LogP contribution in [0.25, 0.3) is 11.3 Å². The van der Waals surface area contributed by atoms with Gasteiger partial charge in [-0.3, -0.25) is 0 Å². The maximum absolute atomic E-state index is 9.65. The van der Waals surface area contributed by atoms with E-state index in [1.165, 1.54) is 11.1 Å². The first kappa shape index (κ1) is 21.1. The average Bonchev–Trinajstić information content (AvgIpc) is 2.69. The van der Waals surface area contributed by atoms with E-state index in [1.54, 1.807) is 6.33 Å². The monoisotopic (exact) mass is 410 g/mol. The Kier molecular flexibility index (Phi) is 5.73. The summed E-state index contributed by atoms with van der Waals surface area (Å²) in [6.45, 7) is 6.72. The molecule has 2 aromatic rings. The van der Waals surface area contributed by atoms with E-state index in [9.17, 15) is 5.11 Å². The molecule has 1 saturated carbocycles. The van der Waals surface area contributed by atoms with Gasteiger partial charge in [-0.15, -0.1) is 0 Å². The van der Waals surface area contributed by atoms with Crippen LogP contribution in [0.3, 0.4) is 0 Å². The van der Waals surface area contributed by atoms with Crippen molar-refractivity contribution >= 4 is 5.82 Å². The molecule has 6 nitrogen and oxygen atoms in total. The number of benzene rings is 1. The lowest BCUT2D eigenvalue weighted by molar-refractivity contribution is 0.144. The predicted molar refractivity (Wildman–Crippen MR) is 120 cm³/mol. The molecule has 0 bridgehead atoms. The SMILES string of the molecule is CC(CCO)c1c(OC2CCC(N)CC2)ccc2c1CC(C)(C)c1c(N)ncnc1-2. The molecule has 0 amide bonds. The molecule has 2 aliphatic carbocycles. The van der Waals surface area contributed by atoms with Crippen molar-refractivity contribution < 1.29 is 9.84 Å². The zero-order valence-electron chi connectivity index (χ0n) is 18.3. The van der Waals surface area contributed by atoms with Gasteiger partial charge in [-0.25, -0.2) is 9.97 Å². The molecule has 5 N–H and O–H groups in total. The van der Waals surface area contributed by atoms with E-state index in [1.807, 2.05) is 0 Å². The summed E-state index contributed by atoms with van der Waals surface area (Å²) < 4.78 is 6.55. The van der Waals surface area contributed by atoms with Crippen LogP contribution >= 0.6 is 0 Å². The summed E-state index contributed by atoms with van der Waals surface area (Å²) in [6.07, 6.45) is 7.28. The van der Waals surface area contributed by atoms with Crippen molar-refractivity contribution in [1.29, 1.82) is 0 Å². The third kappa shape index (κ3) is 3.79. The number of rotatable bonds is 5.